The third-order valence-corrected chi connectivity index (χ3v) is 11.2. The number of Topliss-reactive ketones (excluding diaryl/α,β-unsaturated/α-hetero) is 1. The van der Waals surface area contributed by atoms with Gasteiger partial charge in [-0.3, -0.25) is 24.1 Å². The molecule has 0 spiro atoms. The van der Waals surface area contributed by atoms with E-state index >= 15 is 0 Å². The highest BCUT2D eigenvalue weighted by molar-refractivity contribution is 9.13. The number of phenols is 1. The van der Waals surface area contributed by atoms with Crippen LogP contribution in [0.15, 0.2) is 79.2 Å². The summed E-state index contributed by atoms with van der Waals surface area (Å²) < 4.78 is 6.38. The monoisotopic (exact) mass is 741 g/mol. The summed E-state index contributed by atoms with van der Waals surface area (Å²) in [6.45, 7) is 3.76. The highest BCUT2D eigenvalue weighted by atomic mass is 79.9. The Hall–Kier alpha value is -3.08. The van der Waals surface area contributed by atoms with Crippen LogP contribution in [0.5, 0.6) is 11.5 Å². The van der Waals surface area contributed by atoms with E-state index < -0.39 is 23.7 Å². The van der Waals surface area contributed by atoms with E-state index in [4.69, 9.17) is 4.74 Å². The second-order valence-corrected chi connectivity index (χ2v) is 12.8. The van der Waals surface area contributed by atoms with E-state index in [1.54, 1.807) is 36.4 Å². The Morgan fingerprint density at radius 2 is 1.73 bits per heavy atom. The fourth-order valence-electron chi connectivity index (χ4n) is 6.55. The van der Waals surface area contributed by atoms with E-state index in [0.29, 0.717) is 37.8 Å². The number of anilines is 1. The molecule has 2 aromatic rings. The van der Waals surface area contributed by atoms with Gasteiger partial charge in [0.2, 0.25) is 11.8 Å². The Labute approximate surface area is 261 Å². The first-order valence-corrected chi connectivity index (χ1v) is 15.2. The lowest BCUT2D eigenvalue weighted by Crippen LogP contribution is -2.39. The van der Waals surface area contributed by atoms with Crippen LogP contribution >= 0.6 is 47.8 Å². The Morgan fingerprint density at radius 1 is 1.02 bits per heavy atom. The number of rotatable bonds is 4. The zero-order valence-corrected chi connectivity index (χ0v) is 26.4. The molecule has 1 N–H and O–H groups in total. The van der Waals surface area contributed by atoms with Crippen molar-refractivity contribution < 1.29 is 29.0 Å². The van der Waals surface area contributed by atoms with Crippen molar-refractivity contribution in [1.82, 2.24) is 0 Å². The highest BCUT2D eigenvalue weighted by Crippen LogP contribution is 2.58. The van der Waals surface area contributed by atoms with Crippen molar-refractivity contribution in [2.24, 2.45) is 17.8 Å². The lowest BCUT2D eigenvalue weighted by molar-refractivity contribution is -0.123. The standard InChI is InChI=1S/C31H22Br3NO6/c1-3-13-4-6-14(7-5-13)35-30(39)16-9-8-15-17(24(16)31(35)40)10-19-25(21(36)12-20(32)28(19)37)23(15)18-11-22(41-2)29(38)27(34)26(18)33/h3-8,11-12,16-17,23-24,38H,1,9-10H2,2H3. The summed E-state index contributed by atoms with van der Waals surface area (Å²) in [6, 6.07) is 8.68. The zero-order valence-electron chi connectivity index (χ0n) is 21.6. The van der Waals surface area contributed by atoms with Gasteiger partial charge in [-0.2, -0.15) is 0 Å². The Kier molecular flexibility index (Phi) is 7.07. The van der Waals surface area contributed by atoms with Gasteiger partial charge in [-0.1, -0.05) is 36.4 Å². The molecule has 0 radical (unpaired) electrons. The van der Waals surface area contributed by atoms with Gasteiger partial charge in [0.05, 0.1) is 33.6 Å². The molecule has 1 aliphatic heterocycles. The molecular weight excluding hydrogens is 722 g/mol. The highest BCUT2D eigenvalue weighted by Gasteiger charge is 2.57. The summed E-state index contributed by atoms with van der Waals surface area (Å²) in [5.41, 5.74) is 3.38. The summed E-state index contributed by atoms with van der Waals surface area (Å²) in [5.74, 6) is -3.66. The molecule has 1 fully saturated rings. The number of aromatic hydroxyl groups is 1. The van der Waals surface area contributed by atoms with Crippen LogP contribution in [0.4, 0.5) is 5.69 Å². The van der Waals surface area contributed by atoms with Gasteiger partial charge < -0.3 is 9.84 Å². The van der Waals surface area contributed by atoms with Crippen molar-refractivity contribution in [1.29, 1.82) is 0 Å². The Morgan fingerprint density at radius 3 is 2.39 bits per heavy atom. The first-order chi connectivity index (χ1) is 19.6. The maximum absolute atomic E-state index is 14.0. The van der Waals surface area contributed by atoms with Crippen LogP contribution in [0.25, 0.3) is 6.08 Å². The molecule has 3 aliphatic carbocycles. The van der Waals surface area contributed by atoms with Crippen LogP contribution in [0.1, 0.15) is 29.9 Å². The molecule has 6 rings (SSSR count). The van der Waals surface area contributed by atoms with Crippen LogP contribution in [0.2, 0.25) is 0 Å². The van der Waals surface area contributed by atoms with Crippen molar-refractivity contribution in [3.8, 4) is 11.5 Å². The SMILES string of the molecule is C=Cc1ccc(N2C(=O)C3CC=C4C(c5cc(OC)c(O)c(Br)c5Br)C5=C(CC4C3C2=O)C(=O)C(Br)=CC5=O)cc1. The number of benzene rings is 2. The number of methoxy groups -OCH3 is 1. The van der Waals surface area contributed by atoms with E-state index in [1.807, 2.05) is 6.08 Å². The molecule has 0 bridgehead atoms. The van der Waals surface area contributed by atoms with Gasteiger partial charge in [-0.05, 0) is 95.9 Å². The minimum absolute atomic E-state index is 0.120. The molecule has 2 amide bonds. The first-order valence-electron chi connectivity index (χ1n) is 12.8. The van der Waals surface area contributed by atoms with Gasteiger partial charge in [-0.25, -0.2) is 0 Å². The number of carbonyl (C=O) groups excluding carboxylic acids is 4. The lowest BCUT2D eigenvalue weighted by Gasteiger charge is -2.42. The number of allylic oxidation sites excluding steroid dienone is 6. The quantitative estimate of drug-likeness (QED) is 0.217. The second-order valence-electron chi connectivity index (χ2n) is 10.3. The number of imide groups is 1. The first kappa shape index (κ1) is 28.1. The molecule has 10 heteroatoms. The van der Waals surface area contributed by atoms with E-state index in [1.165, 1.54) is 18.1 Å². The fraction of sp³-hybridized carbons (Fsp3) is 0.226. The number of halogens is 3. The molecule has 2 aromatic carbocycles. The van der Waals surface area contributed by atoms with Crippen molar-refractivity contribution in [2.75, 3.05) is 12.0 Å². The van der Waals surface area contributed by atoms with Gasteiger partial charge in [0.1, 0.15) is 0 Å². The van der Waals surface area contributed by atoms with E-state index in [0.717, 1.165) is 11.1 Å². The van der Waals surface area contributed by atoms with Crippen LogP contribution in [0, 0.1) is 17.8 Å². The number of fused-ring (bicyclic) bond motifs is 3. The average Bonchev–Trinajstić information content (AvgIpc) is 3.23. The summed E-state index contributed by atoms with van der Waals surface area (Å²) in [6.07, 6.45) is 5.38. The third-order valence-electron chi connectivity index (χ3n) is 8.42. The van der Waals surface area contributed by atoms with Crippen LogP contribution in [-0.4, -0.2) is 35.6 Å². The van der Waals surface area contributed by atoms with Gasteiger partial charge in [-0.15, -0.1) is 0 Å². The Bertz CT molecular complexity index is 1690. The van der Waals surface area contributed by atoms with Crippen LogP contribution in [0.3, 0.4) is 0 Å². The lowest BCUT2D eigenvalue weighted by atomic mass is 9.59. The predicted molar refractivity (Wildman–Crippen MR) is 164 cm³/mol. The van der Waals surface area contributed by atoms with Gasteiger partial charge in [0.25, 0.3) is 0 Å². The molecule has 4 aliphatic rings. The average molecular weight is 744 g/mol. The topological polar surface area (TPSA) is 101 Å². The minimum Gasteiger partial charge on any atom is -0.503 e. The van der Waals surface area contributed by atoms with Gasteiger partial charge in [0, 0.05) is 27.6 Å². The Balaban J connectivity index is 1.52. The third kappa shape index (κ3) is 4.17. The number of ether oxygens (including phenoxy) is 1. The number of amides is 2. The molecular formula is C31H22Br3NO6. The minimum atomic E-state index is -0.706. The van der Waals surface area contributed by atoms with Crippen molar-refractivity contribution in [3.63, 3.8) is 0 Å². The normalized spacial score (nSPS) is 25.4. The number of hydrogen-bond donors (Lipinski definition) is 1. The summed E-state index contributed by atoms with van der Waals surface area (Å²) in [7, 11) is 1.42. The van der Waals surface area contributed by atoms with Crippen molar-refractivity contribution in [3.05, 3.63) is 90.3 Å². The van der Waals surface area contributed by atoms with Crippen molar-refractivity contribution in [2.45, 2.75) is 18.8 Å². The van der Waals surface area contributed by atoms with E-state index in [9.17, 15) is 24.3 Å². The number of carbonyl (C=O) groups is 4. The zero-order chi connectivity index (χ0) is 29.3. The van der Waals surface area contributed by atoms with Gasteiger partial charge >= 0.3 is 0 Å². The molecule has 41 heavy (non-hydrogen) atoms. The smallest absolute Gasteiger partial charge is 0.238 e. The number of nitrogens with zero attached hydrogens (tertiary/aromatic N) is 1. The molecule has 4 atom stereocenters. The second kappa shape index (κ2) is 10.3. The van der Waals surface area contributed by atoms with E-state index in [-0.39, 0.29) is 45.8 Å². The van der Waals surface area contributed by atoms with E-state index in [2.05, 4.69) is 54.4 Å². The molecule has 208 valence electrons. The number of ketones is 2. The molecule has 0 aromatic heterocycles. The molecule has 0 saturated carbocycles. The summed E-state index contributed by atoms with van der Waals surface area (Å²) >= 11 is 10.2. The largest absolute Gasteiger partial charge is 0.503 e. The maximum Gasteiger partial charge on any atom is 0.238 e. The fourth-order valence-corrected chi connectivity index (χ4v) is 7.96. The predicted octanol–water partition coefficient (Wildman–Crippen LogP) is 6.54. The van der Waals surface area contributed by atoms with Gasteiger partial charge in [0.15, 0.2) is 23.1 Å². The summed E-state index contributed by atoms with van der Waals surface area (Å²) in [4.78, 5) is 55.9. The number of hydrogen-bond acceptors (Lipinski definition) is 6. The van der Waals surface area contributed by atoms with Crippen molar-refractivity contribution >= 4 is 82.9 Å². The molecule has 1 heterocycles. The molecule has 7 nitrogen and oxygen atoms in total. The van der Waals surface area contributed by atoms with Crippen LogP contribution in [-0.2, 0) is 19.2 Å². The number of phenolic OH excluding ortho intramolecular Hbond substituents is 1. The van der Waals surface area contributed by atoms with Crippen LogP contribution < -0.4 is 9.64 Å². The maximum atomic E-state index is 14.0. The molecule has 4 unspecified atom stereocenters. The summed E-state index contributed by atoms with van der Waals surface area (Å²) in [5, 5.41) is 10.6. The molecule has 1 saturated heterocycles.